The molecule has 10 heteroatoms. The zero-order chi connectivity index (χ0) is 22.3. The van der Waals surface area contributed by atoms with Gasteiger partial charge in [-0.1, -0.05) is 0 Å². The molecule has 0 fully saturated rings. The molecule has 0 spiro atoms. The SMILES string of the molecule is COc1cc(NC(=O)Nc2ccc(Nc3cc(-n4cccn4)ncn3)cc2)cc(OC)c1. The van der Waals surface area contributed by atoms with Crippen molar-refractivity contribution in [1.82, 2.24) is 19.7 Å². The Hall–Kier alpha value is -4.60. The van der Waals surface area contributed by atoms with Crippen LogP contribution < -0.4 is 25.4 Å². The van der Waals surface area contributed by atoms with E-state index in [-0.39, 0.29) is 6.03 Å². The van der Waals surface area contributed by atoms with Gasteiger partial charge in [-0.3, -0.25) is 0 Å². The molecule has 0 saturated heterocycles. The van der Waals surface area contributed by atoms with Gasteiger partial charge in [0, 0.05) is 53.7 Å². The Bertz CT molecular complexity index is 1170. The summed E-state index contributed by atoms with van der Waals surface area (Å²) in [6, 6.07) is 15.6. The van der Waals surface area contributed by atoms with Crippen molar-refractivity contribution in [3.63, 3.8) is 0 Å². The number of carbonyl (C=O) groups excluding carboxylic acids is 1. The van der Waals surface area contributed by atoms with E-state index in [0.29, 0.717) is 34.5 Å². The van der Waals surface area contributed by atoms with Crippen LogP contribution in [0.4, 0.5) is 27.7 Å². The maximum atomic E-state index is 12.4. The van der Waals surface area contributed by atoms with Crippen molar-refractivity contribution in [3.8, 4) is 17.3 Å². The number of nitrogens with one attached hydrogen (secondary N) is 3. The van der Waals surface area contributed by atoms with Crippen molar-refractivity contribution >= 4 is 28.9 Å². The first kappa shape index (κ1) is 20.7. The second kappa shape index (κ2) is 9.47. The first-order valence-electron chi connectivity index (χ1n) is 9.63. The third kappa shape index (κ3) is 5.11. The minimum atomic E-state index is -0.388. The lowest BCUT2D eigenvalue weighted by Crippen LogP contribution is -2.19. The molecule has 2 aromatic carbocycles. The number of methoxy groups -OCH3 is 2. The third-order valence-corrected chi connectivity index (χ3v) is 4.42. The molecular weight excluding hydrogens is 410 g/mol. The molecule has 0 bridgehead atoms. The van der Waals surface area contributed by atoms with Crippen LogP contribution in [-0.2, 0) is 0 Å². The minimum absolute atomic E-state index is 0.388. The van der Waals surface area contributed by atoms with Crippen LogP contribution in [0.25, 0.3) is 5.82 Å². The number of hydrogen-bond acceptors (Lipinski definition) is 7. The van der Waals surface area contributed by atoms with Gasteiger partial charge in [0.25, 0.3) is 0 Å². The number of amides is 2. The van der Waals surface area contributed by atoms with Gasteiger partial charge in [0.15, 0.2) is 5.82 Å². The van der Waals surface area contributed by atoms with E-state index in [1.165, 1.54) is 6.33 Å². The van der Waals surface area contributed by atoms with E-state index < -0.39 is 0 Å². The van der Waals surface area contributed by atoms with Crippen LogP contribution in [0.15, 0.2) is 73.3 Å². The molecular formula is C22H21N7O3. The van der Waals surface area contributed by atoms with Crippen molar-refractivity contribution in [1.29, 1.82) is 0 Å². The molecule has 3 N–H and O–H groups in total. The molecule has 2 aromatic heterocycles. The van der Waals surface area contributed by atoms with Crippen molar-refractivity contribution in [2.24, 2.45) is 0 Å². The van der Waals surface area contributed by atoms with Gasteiger partial charge < -0.3 is 25.4 Å². The van der Waals surface area contributed by atoms with Gasteiger partial charge in [0.2, 0.25) is 0 Å². The number of carbonyl (C=O) groups is 1. The van der Waals surface area contributed by atoms with Crippen LogP contribution in [0, 0.1) is 0 Å². The molecule has 0 atom stereocenters. The van der Waals surface area contributed by atoms with Crippen LogP contribution in [-0.4, -0.2) is 40.0 Å². The summed E-state index contributed by atoms with van der Waals surface area (Å²) in [6.45, 7) is 0. The lowest BCUT2D eigenvalue weighted by Gasteiger charge is -2.11. The number of nitrogens with zero attached hydrogens (tertiary/aromatic N) is 4. The normalized spacial score (nSPS) is 10.3. The summed E-state index contributed by atoms with van der Waals surface area (Å²) in [5.74, 6) is 2.43. The first-order chi connectivity index (χ1) is 15.6. The summed E-state index contributed by atoms with van der Waals surface area (Å²) < 4.78 is 12.1. The molecule has 2 amide bonds. The number of urea groups is 1. The van der Waals surface area contributed by atoms with Crippen molar-refractivity contribution in [2.45, 2.75) is 0 Å². The maximum Gasteiger partial charge on any atom is 0.323 e. The Kier molecular flexibility index (Phi) is 6.12. The fourth-order valence-electron chi connectivity index (χ4n) is 2.90. The van der Waals surface area contributed by atoms with E-state index in [9.17, 15) is 4.79 Å². The highest BCUT2D eigenvalue weighted by Gasteiger charge is 2.07. The van der Waals surface area contributed by atoms with Crippen LogP contribution >= 0.6 is 0 Å². The molecule has 0 aliphatic carbocycles. The van der Waals surface area contributed by atoms with Gasteiger partial charge in [0.1, 0.15) is 23.6 Å². The molecule has 10 nitrogen and oxygen atoms in total. The average Bonchev–Trinajstić information content (AvgIpc) is 3.35. The Morgan fingerprint density at radius 3 is 2.22 bits per heavy atom. The van der Waals surface area contributed by atoms with Crippen LogP contribution in [0.3, 0.4) is 0 Å². The summed E-state index contributed by atoms with van der Waals surface area (Å²) in [7, 11) is 3.10. The third-order valence-electron chi connectivity index (χ3n) is 4.42. The molecule has 4 rings (SSSR count). The topological polar surface area (TPSA) is 115 Å². The average molecular weight is 431 g/mol. The van der Waals surface area contributed by atoms with Crippen molar-refractivity contribution < 1.29 is 14.3 Å². The molecule has 2 heterocycles. The lowest BCUT2D eigenvalue weighted by atomic mass is 10.2. The van der Waals surface area contributed by atoms with E-state index in [1.54, 1.807) is 67.7 Å². The highest BCUT2D eigenvalue weighted by molar-refractivity contribution is 6.00. The summed E-state index contributed by atoms with van der Waals surface area (Å²) in [5, 5.41) is 12.9. The Labute approximate surface area is 184 Å². The Morgan fingerprint density at radius 2 is 1.56 bits per heavy atom. The number of anilines is 4. The van der Waals surface area contributed by atoms with Gasteiger partial charge in [-0.15, -0.1) is 0 Å². The Balaban J connectivity index is 1.38. The number of benzene rings is 2. The molecule has 0 unspecified atom stereocenters. The molecule has 0 radical (unpaired) electrons. The van der Waals surface area contributed by atoms with E-state index in [2.05, 4.69) is 31.0 Å². The molecule has 0 saturated carbocycles. The molecule has 0 aliphatic heterocycles. The quantitative estimate of drug-likeness (QED) is 0.404. The fraction of sp³-hybridized carbons (Fsp3) is 0.0909. The summed E-state index contributed by atoms with van der Waals surface area (Å²) >= 11 is 0. The standard InChI is InChI=1S/C22H21N7O3/c1-31-18-10-17(11-19(12-18)32-2)28-22(30)27-16-6-4-15(5-7-16)26-20-13-21(24-14-23-20)29-9-3-8-25-29/h3-14H,1-2H3,(H,23,24,26)(H2,27,28,30). The van der Waals surface area contributed by atoms with E-state index in [4.69, 9.17) is 9.47 Å². The Morgan fingerprint density at radius 1 is 0.875 bits per heavy atom. The molecule has 0 aliphatic rings. The summed E-state index contributed by atoms with van der Waals surface area (Å²) in [6.07, 6.45) is 4.95. The van der Waals surface area contributed by atoms with Crippen LogP contribution in [0.1, 0.15) is 0 Å². The smallest absolute Gasteiger partial charge is 0.323 e. The predicted octanol–water partition coefficient (Wildman–Crippen LogP) is 4.07. The van der Waals surface area contributed by atoms with E-state index >= 15 is 0 Å². The summed E-state index contributed by atoms with van der Waals surface area (Å²) in [4.78, 5) is 20.8. The number of aromatic nitrogens is 4. The van der Waals surface area contributed by atoms with Crippen LogP contribution in [0.5, 0.6) is 11.5 Å². The second-order valence-corrected chi connectivity index (χ2v) is 6.59. The maximum absolute atomic E-state index is 12.4. The van der Waals surface area contributed by atoms with Crippen molar-refractivity contribution in [2.75, 3.05) is 30.2 Å². The van der Waals surface area contributed by atoms with E-state index in [0.717, 1.165) is 5.69 Å². The van der Waals surface area contributed by atoms with Gasteiger partial charge >= 0.3 is 6.03 Å². The number of hydrogen-bond donors (Lipinski definition) is 3. The highest BCUT2D eigenvalue weighted by Crippen LogP contribution is 2.26. The zero-order valence-electron chi connectivity index (χ0n) is 17.4. The first-order valence-corrected chi connectivity index (χ1v) is 9.63. The monoisotopic (exact) mass is 431 g/mol. The van der Waals surface area contributed by atoms with Gasteiger partial charge in [0.05, 0.1) is 14.2 Å². The molecule has 4 aromatic rings. The highest BCUT2D eigenvalue weighted by atomic mass is 16.5. The van der Waals surface area contributed by atoms with Gasteiger partial charge in [-0.2, -0.15) is 5.10 Å². The fourth-order valence-corrected chi connectivity index (χ4v) is 2.90. The zero-order valence-corrected chi connectivity index (χ0v) is 17.4. The number of rotatable bonds is 7. The second-order valence-electron chi connectivity index (χ2n) is 6.59. The largest absolute Gasteiger partial charge is 0.497 e. The van der Waals surface area contributed by atoms with Gasteiger partial charge in [-0.25, -0.2) is 19.4 Å². The van der Waals surface area contributed by atoms with Gasteiger partial charge in [-0.05, 0) is 30.3 Å². The van der Waals surface area contributed by atoms with E-state index in [1.807, 2.05) is 18.2 Å². The lowest BCUT2D eigenvalue weighted by molar-refractivity contribution is 0.262. The minimum Gasteiger partial charge on any atom is -0.497 e. The summed E-state index contributed by atoms with van der Waals surface area (Å²) in [5.41, 5.74) is 1.98. The number of ether oxygens (including phenoxy) is 2. The van der Waals surface area contributed by atoms with Crippen molar-refractivity contribution in [3.05, 3.63) is 73.3 Å². The molecule has 32 heavy (non-hydrogen) atoms. The molecule has 162 valence electrons. The predicted molar refractivity (Wildman–Crippen MR) is 121 cm³/mol. The van der Waals surface area contributed by atoms with Crippen LogP contribution in [0.2, 0.25) is 0 Å².